The van der Waals surface area contributed by atoms with Crippen molar-refractivity contribution >= 4 is 40.7 Å². The quantitative estimate of drug-likeness (QED) is 0.304. The molecule has 1 aliphatic rings. The van der Waals surface area contributed by atoms with Crippen molar-refractivity contribution in [3.8, 4) is 5.75 Å². The van der Waals surface area contributed by atoms with E-state index in [1.807, 2.05) is 0 Å². The molecule has 9 nitrogen and oxygen atoms in total. The van der Waals surface area contributed by atoms with Crippen LogP contribution in [0.15, 0.2) is 60.7 Å². The lowest BCUT2D eigenvalue weighted by Crippen LogP contribution is -2.60. The van der Waals surface area contributed by atoms with Crippen molar-refractivity contribution in [1.82, 2.24) is 15.6 Å². The van der Waals surface area contributed by atoms with E-state index in [-0.39, 0.29) is 29.6 Å². The summed E-state index contributed by atoms with van der Waals surface area (Å²) < 4.78 is 55.9. The van der Waals surface area contributed by atoms with Crippen LogP contribution in [-0.4, -0.2) is 54.2 Å². The molecule has 2 aromatic carbocycles. The number of rotatable bonds is 7. The van der Waals surface area contributed by atoms with E-state index in [9.17, 15) is 31.9 Å². The van der Waals surface area contributed by atoms with Gasteiger partial charge in [0.15, 0.2) is 0 Å². The number of likely N-dealkylation sites (N-methyl/N-ethyl adjacent to an activating group) is 1. The number of ether oxygens (including phenoxy) is 1. The van der Waals surface area contributed by atoms with Gasteiger partial charge in [0, 0.05) is 20.1 Å². The molecule has 1 aromatic heterocycles. The molecule has 4 rings (SSSR count). The summed E-state index contributed by atoms with van der Waals surface area (Å²) in [5.41, 5.74) is -0.260. The molecule has 1 atom stereocenters. The maximum absolute atomic E-state index is 14.2. The highest BCUT2D eigenvalue weighted by Gasteiger charge is 2.38. The lowest BCUT2D eigenvalue weighted by atomic mass is 10.0. The second-order valence-electron chi connectivity index (χ2n) is 10.1. The molecule has 1 aliphatic heterocycles. The molecular formula is C28H26ClF4N5O4. The number of aromatic nitrogens is 1. The Labute approximate surface area is 243 Å². The molecule has 2 N–H and O–H groups in total. The number of hydrogen-bond acceptors (Lipinski definition) is 6. The van der Waals surface area contributed by atoms with Gasteiger partial charge < -0.3 is 25.2 Å². The van der Waals surface area contributed by atoms with Gasteiger partial charge in [-0.25, -0.2) is 9.37 Å². The Morgan fingerprint density at radius 2 is 1.76 bits per heavy atom. The topological polar surface area (TPSA) is 104 Å². The number of alkyl halides is 3. The fraction of sp³-hybridized carbons (Fsp3) is 0.286. The van der Waals surface area contributed by atoms with Crippen molar-refractivity contribution in [3.05, 3.63) is 82.9 Å². The van der Waals surface area contributed by atoms with Crippen LogP contribution in [0.3, 0.4) is 0 Å². The van der Waals surface area contributed by atoms with E-state index >= 15 is 0 Å². The summed E-state index contributed by atoms with van der Waals surface area (Å²) in [6, 6.07) is 12.3. The van der Waals surface area contributed by atoms with Gasteiger partial charge in [0.05, 0.1) is 11.4 Å². The predicted molar refractivity (Wildman–Crippen MR) is 147 cm³/mol. The summed E-state index contributed by atoms with van der Waals surface area (Å²) >= 11 is 5.86. The van der Waals surface area contributed by atoms with E-state index in [2.05, 4.69) is 20.4 Å². The highest BCUT2D eigenvalue weighted by atomic mass is 35.5. The van der Waals surface area contributed by atoms with E-state index in [1.54, 1.807) is 4.90 Å². The van der Waals surface area contributed by atoms with E-state index in [0.29, 0.717) is 11.3 Å². The maximum Gasteiger partial charge on any atom is 0.573 e. The van der Waals surface area contributed by atoms with E-state index < -0.39 is 47.2 Å². The molecule has 0 saturated heterocycles. The Kier molecular flexibility index (Phi) is 8.62. The van der Waals surface area contributed by atoms with Gasteiger partial charge in [-0.2, -0.15) is 0 Å². The molecule has 0 radical (unpaired) electrons. The third-order valence-electron chi connectivity index (χ3n) is 6.45. The first-order valence-electron chi connectivity index (χ1n) is 12.6. The molecule has 2 heterocycles. The first kappa shape index (κ1) is 30.6. The first-order chi connectivity index (χ1) is 19.6. The third-order valence-corrected chi connectivity index (χ3v) is 6.66. The van der Waals surface area contributed by atoms with Crippen LogP contribution in [0.1, 0.15) is 29.9 Å². The Bertz CT molecular complexity index is 1500. The number of halogens is 5. The number of nitrogens with zero attached hydrogens (tertiary/aromatic N) is 3. The maximum atomic E-state index is 14.2. The SMILES string of the molecule is CN1C(=O)C(NC(=O)C(C)(C)NC(=O)c2cccc(Cl)n2)CN(Cc2ccc(OC(F)(F)F)cc2)c2ccc(F)cc21. The fourth-order valence-electron chi connectivity index (χ4n) is 4.33. The minimum atomic E-state index is -4.84. The second-order valence-corrected chi connectivity index (χ2v) is 10.4. The molecule has 222 valence electrons. The molecule has 0 spiro atoms. The zero-order valence-corrected chi connectivity index (χ0v) is 23.4. The minimum absolute atomic E-state index is 0.0102. The molecule has 3 amide bonds. The zero-order valence-electron chi connectivity index (χ0n) is 22.6. The van der Waals surface area contributed by atoms with Crippen LogP contribution >= 0.6 is 11.6 Å². The van der Waals surface area contributed by atoms with Crippen LogP contribution in [0, 0.1) is 5.82 Å². The summed E-state index contributed by atoms with van der Waals surface area (Å²) in [7, 11) is 1.43. The van der Waals surface area contributed by atoms with Gasteiger partial charge in [-0.05, 0) is 61.9 Å². The molecule has 0 saturated carbocycles. The van der Waals surface area contributed by atoms with Crippen LogP contribution in [0.4, 0.5) is 28.9 Å². The summed E-state index contributed by atoms with van der Waals surface area (Å²) in [5.74, 6) is -2.89. The van der Waals surface area contributed by atoms with Crippen LogP contribution in [0.5, 0.6) is 5.75 Å². The number of benzene rings is 2. The third kappa shape index (κ3) is 7.27. The van der Waals surface area contributed by atoms with Gasteiger partial charge >= 0.3 is 6.36 Å². The summed E-state index contributed by atoms with van der Waals surface area (Å²) in [4.78, 5) is 46.4. The molecule has 14 heteroatoms. The Hall–Kier alpha value is -4.39. The molecule has 42 heavy (non-hydrogen) atoms. The molecular weight excluding hydrogens is 582 g/mol. The number of nitrogens with one attached hydrogen (secondary N) is 2. The predicted octanol–water partition coefficient (Wildman–Crippen LogP) is 4.45. The van der Waals surface area contributed by atoms with Crippen molar-refractivity contribution in [3.63, 3.8) is 0 Å². The number of carbonyl (C=O) groups excluding carboxylic acids is 3. The fourth-order valence-corrected chi connectivity index (χ4v) is 4.50. The monoisotopic (exact) mass is 607 g/mol. The first-order valence-corrected chi connectivity index (χ1v) is 12.9. The van der Waals surface area contributed by atoms with Gasteiger partial charge in [0.1, 0.15) is 34.0 Å². The van der Waals surface area contributed by atoms with Crippen LogP contribution in [-0.2, 0) is 16.1 Å². The Morgan fingerprint density at radius 3 is 2.40 bits per heavy atom. The molecule has 3 aromatic rings. The van der Waals surface area contributed by atoms with Crippen LogP contribution in [0.25, 0.3) is 0 Å². The number of anilines is 2. The minimum Gasteiger partial charge on any atom is -0.406 e. The molecule has 0 bridgehead atoms. The average molecular weight is 608 g/mol. The average Bonchev–Trinajstić information content (AvgIpc) is 2.99. The van der Waals surface area contributed by atoms with Gasteiger partial charge in [-0.3, -0.25) is 14.4 Å². The van der Waals surface area contributed by atoms with Crippen LogP contribution < -0.4 is 25.2 Å². The number of fused-ring (bicyclic) bond motifs is 1. The Balaban J connectivity index is 1.57. The summed E-state index contributed by atoms with van der Waals surface area (Å²) in [5, 5.41) is 5.34. The normalized spacial score (nSPS) is 15.5. The second kappa shape index (κ2) is 11.8. The Morgan fingerprint density at radius 1 is 1.07 bits per heavy atom. The van der Waals surface area contributed by atoms with Crippen molar-refractivity contribution in [2.75, 3.05) is 23.4 Å². The number of carbonyl (C=O) groups is 3. The van der Waals surface area contributed by atoms with E-state index in [0.717, 1.165) is 12.1 Å². The smallest absolute Gasteiger partial charge is 0.406 e. The van der Waals surface area contributed by atoms with Gasteiger partial charge in [-0.1, -0.05) is 29.8 Å². The highest BCUT2D eigenvalue weighted by molar-refractivity contribution is 6.29. The lowest BCUT2D eigenvalue weighted by Gasteiger charge is -2.30. The molecule has 0 aliphatic carbocycles. The van der Waals surface area contributed by atoms with Crippen molar-refractivity contribution in [2.45, 2.75) is 38.3 Å². The molecule has 0 fully saturated rings. The van der Waals surface area contributed by atoms with Gasteiger partial charge in [0.2, 0.25) is 5.91 Å². The van der Waals surface area contributed by atoms with Crippen molar-refractivity contribution < 1.29 is 36.7 Å². The summed E-state index contributed by atoms with van der Waals surface area (Å²) in [6.45, 7) is 2.91. The lowest BCUT2D eigenvalue weighted by molar-refractivity contribution is -0.274. The van der Waals surface area contributed by atoms with Gasteiger partial charge in [-0.15, -0.1) is 13.2 Å². The van der Waals surface area contributed by atoms with Crippen LogP contribution in [0.2, 0.25) is 5.15 Å². The molecule has 1 unspecified atom stereocenters. The summed E-state index contributed by atoms with van der Waals surface area (Å²) in [6.07, 6.45) is -4.84. The highest BCUT2D eigenvalue weighted by Crippen LogP contribution is 2.34. The van der Waals surface area contributed by atoms with E-state index in [1.165, 1.54) is 74.3 Å². The largest absolute Gasteiger partial charge is 0.573 e. The van der Waals surface area contributed by atoms with E-state index in [4.69, 9.17) is 11.6 Å². The number of hydrogen-bond donors (Lipinski definition) is 2. The number of amides is 3. The van der Waals surface area contributed by atoms with Crippen molar-refractivity contribution in [1.29, 1.82) is 0 Å². The van der Waals surface area contributed by atoms with Crippen molar-refractivity contribution in [2.24, 2.45) is 0 Å². The zero-order chi connectivity index (χ0) is 30.8. The standard InChI is InChI=1S/C28H26ClF4N5O4/c1-27(2,36-24(39)19-5-4-6-23(29)34-19)26(41)35-20-15-38(14-16-7-10-18(11-8-16)42-28(31,32)33)21-12-9-17(30)13-22(21)37(3)25(20)40/h4-13,20H,14-15H2,1-3H3,(H,35,41)(H,36,39). The van der Waals surface area contributed by atoms with Gasteiger partial charge in [0.25, 0.3) is 11.8 Å². The number of pyridine rings is 1.